The van der Waals surface area contributed by atoms with Gasteiger partial charge in [0, 0.05) is 30.2 Å². The molecule has 0 aromatic heterocycles. The van der Waals surface area contributed by atoms with Crippen molar-refractivity contribution in [1.29, 1.82) is 0 Å². The SMILES string of the molecule is O=C(c1ccc(C2SCCS2)cc1)N(CCO)Cc1ccccc1. The summed E-state index contributed by atoms with van der Waals surface area (Å²) in [4.78, 5) is 14.5. The molecule has 0 bridgehead atoms. The average Bonchev–Trinajstić information content (AvgIpc) is 3.16. The van der Waals surface area contributed by atoms with E-state index in [9.17, 15) is 9.90 Å². The number of aliphatic hydroxyl groups is 1. The van der Waals surface area contributed by atoms with Gasteiger partial charge in [-0.05, 0) is 23.3 Å². The molecule has 1 N–H and O–H groups in total. The highest BCUT2D eigenvalue weighted by atomic mass is 32.2. The van der Waals surface area contributed by atoms with Crippen LogP contribution >= 0.6 is 23.5 Å². The molecule has 1 aliphatic heterocycles. The third-order valence-corrected chi connectivity index (χ3v) is 7.03. The Balaban J connectivity index is 1.71. The Kier molecular flexibility index (Phi) is 6.24. The maximum Gasteiger partial charge on any atom is 0.254 e. The number of thioether (sulfide) groups is 2. The van der Waals surface area contributed by atoms with Crippen LogP contribution in [0.25, 0.3) is 0 Å². The zero-order chi connectivity index (χ0) is 16.8. The van der Waals surface area contributed by atoms with Crippen LogP contribution in [-0.2, 0) is 6.54 Å². The lowest BCUT2D eigenvalue weighted by Gasteiger charge is -2.22. The molecule has 5 heteroatoms. The minimum atomic E-state index is -0.0359. The topological polar surface area (TPSA) is 40.5 Å². The summed E-state index contributed by atoms with van der Waals surface area (Å²) in [7, 11) is 0. The van der Waals surface area contributed by atoms with Gasteiger partial charge in [-0.1, -0.05) is 42.5 Å². The molecule has 1 fully saturated rings. The molecular weight excluding hydrogens is 338 g/mol. The van der Waals surface area contributed by atoms with Crippen molar-refractivity contribution in [2.24, 2.45) is 0 Å². The van der Waals surface area contributed by atoms with Crippen molar-refractivity contribution in [1.82, 2.24) is 4.90 Å². The summed E-state index contributed by atoms with van der Waals surface area (Å²) in [5.41, 5.74) is 3.02. The van der Waals surface area contributed by atoms with E-state index >= 15 is 0 Å². The van der Waals surface area contributed by atoms with E-state index in [1.807, 2.05) is 66.0 Å². The van der Waals surface area contributed by atoms with Gasteiger partial charge in [0.25, 0.3) is 5.91 Å². The fourth-order valence-electron chi connectivity index (χ4n) is 2.69. The molecule has 0 unspecified atom stereocenters. The first-order valence-electron chi connectivity index (χ1n) is 8.05. The summed E-state index contributed by atoms with van der Waals surface area (Å²) in [5, 5.41) is 9.30. The van der Waals surface area contributed by atoms with Gasteiger partial charge in [-0.25, -0.2) is 0 Å². The van der Waals surface area contributed by atoms with Gasteiger partial charge in [-0.3, -0.25) is 4.79 Å². The van der Waals surface area contributed by atoms with Crippen LogP contribution in [0.4, 0.5) is 0 Å². The van der Waals surface area contributed by atoms with Crippen molar-refractivity contribution >= 4 is 29.4 Å². The lowest BCUT2D eigenvalue weighted by molar-refractivity contribution is 0.0708. The summed E-state index contributed by atoms with van der Waals surface area (Å²) < 4.78 is 0.493. The first-order chi connectivity index (χ1) is 11.8. The van der Waals surface area contributed by atoms with Gasteiger partial charge in [-0.15, -0.1) is 23.5 Å². The maximum atomic E-state index is 12.8. The van der Waals surface area contributed by atoms with E-state index in [-0.39, 0.29) is 12.5 Å². The fourth-order valence-corrected chi connectivity index (χ4v) is 5.55. The van der Waals surface area contributed by atoms with Crippen LogP contribution in [0.15, 0.2) is 54.6 Å². The number of benzene rings is 2. The zero-order valence-electron chi connectivity index (χ0n) is 13.4. The van der Waals surface area contributed by atoms with Gasteiger partial charge in [0.15, 0.2) is 0 Å². The van der Waals surface area contributed by atoms with Crippen LogP contribution in [0.5, 0.6) is 0 Å². The van der Waals surface area contributed by atoms with Crippen molar-refractivity contribution in [3.05, 3.63) is 71.3 Å². The van der Waals surface area contributed by atoms with Gasteiger partial charge < -0.3 is 10.0 Å². The quantitative estimate of drug-likeness (QED) is 0.852. The molecule has 126 valence electrons. The number of nitrogens with zero attached hydrogens (tertiary/aromatic N) is 1. The Bertz CT molecular complexity index is 655. The summed E-state index contributed by atoms with van der Waals surface area (Å²) in [6.45, 7) is 0.812. The van der Waals surface area contributed by atoms with E-state index in [0.29, 0.717) is 23.2 Å². The highest BCUT2D eigenvalue weighted by molar-refractivity contribution is 8.19. The summed E-state index contributed by atoms with van der Waals surface area (Å²) in [6, 6.07) is 17.8. The van der Waals surface area contributed by atoms with E-state index in [1.165, 1.54) is 17.1 Å². The molecule has 0 radical (unpaired) electrons. The largest absolute Gasteiger partial charge is 0.395 e. The van der Waals surface area contributed by atoms with Crippen molar-refractivity contribution < 1.29 is 9.90 Å². The summed E-state index contributed by atoms with van der Waals surface area (Å²) in [6.07, 6.45) is 0. The molecule has 3 nitrogen and oxygen atoms in total. The second-order valence-electron chi connectivity index (χ2n) is 5.63. The second-order valence-corrected chi connectivity index (χ2v) is 8.36. The standard InChI is InChI=1S/C19H21NO2S2/c21-11-10-20(14-15-4-2-1-3-5-15)18(22)16-6-8-17(9-7-16)19-23-12-13-24-19/h1-9,19,21H,10-14H2. The minimum absolute atomic E-state index is 0.0357. The monoisotopic (exact) mass is 359 g/mol. The number of carbonyl (C=O) groups excluding carboxylic acids is 1. The third-order valence-electron chi connectivity index (χ3n) is 3.92. The van der Waals surface area contributed by atoms with Crippen molar-refractivity contribution in [3.63, 3.8) is 0 Å². The summed E-state index contributed by atoms with van der Waals surface area (Å²) in [5.74, 6) is 2.35. The number of hydrogen-bond acceptors (Lipinski definition) is 4. The molecule has 24 heavy (non-hydrogen) atoms. The fraction of sp³-hybridized carbons (Fsp3) is 0.316. The number of aliphatic hydroxyl groups excluding tert-OH is 1. The predicted octanol–water partition coefficient (Wildman–Crippen LogP) is 3.80. The Morgan fingerprint density at radius 3 is 2.33 bits per heavy atom. The molecule has 2 aromatic carbocycles. The lowest BCUT2D eigenvalue weighted by atomic mass is 10.1. The molecule has 0 atom stereocenters. The number of amides is 1. The van der Waals surface area contributed by atoms with Crippen LogP contribution in [-0.4, -0.2) is 40.6 Å². The Morgan fingerprint density at radius 2 is 1.71 bits per heavy atom. The summed E-state index contributed by atoms with van der Waals surface area (Å²) >= 11 is 3.92. The molecule has 0 saturated carbocycles. The maximum absolute atomic E-state index is 12.8. The molecule has 1 aliphatic rings. The molecule has 1 saturated heterocycles. The molecular formula is C19H21NO2S2. The molecule has 3 rings (SSSR count). The number of carbonyl (C=O) groups is 1. The van der Waals surface area contributed by atoms with Gasteiger partial charge in [0.05, 0.1) is 11.2 Å². The zero-order valence-corrected chi connectivity index (χ0v) is 15.1. The molecule has 2 aromatic rings. The minimum Gasteiger partial charge on any atom is -0.395 e. The van der Waals surface area contributed by atoms with Crippen LogP contribution in [0.2, 0.25) is 0 Å². The van der Waals surface area contributed by atoms with Gasteiger partial charge in [-0.2, -0.15) is 0 Å². The van der Waals surface area contributed by atoms with E-state index in [1.54, 1.807) is 4.90 Å². The van der Waals surface area contributed by atoms with Crippen LogP contribution in [0.1, 0.15) is 26.1 Å². The highest BCUT2D eigenvalue weighted by Gasteiger charge is 2.20. The molecule has 0 aliphatic carbocycles. The van der Waals surface area contributed by atoms with E-state index < -0.39 is 0 Å². The van der Waals surface area contributed by atoms with Crippen LogP contribution in [0.3, 0.4) is 0 Å². The van der Waals surface area contributed by atoms with Gasteiger partial charge in [0.2, 0.25) is 0 Å². The first kappa shape index (κ1) is 17.4. The van der Waals surface area contributed by atoms with E-state index in [4.69, 9.17) is 0 Å². The van der Waals surface area contributed by atoms with E-state index in [0.717, 1.165) is 5.56 Å². The molecule has 1 amide bonds. The number of hydrogen-bond donors (Lipinski definition) is 1. The van der Waals surface area contributed by atoms with Gasteiger partial charge in [0.1, 0.15) is 0 Å². The average molecular weight is 360 g/mol. The molecule has 1 heterocycles. The van der Waals surface area contributed by atoms with Gasteiger partial charge >= 0.3 is 0 Å². The van der Waals surface area contributed by atoms with Crippen molar-refractivity contribution in [3.8, 4) is 0 Å². The Labute approximate surface area is 151 Å². The smallest absolute Gasteiger partial charge is 0.254 e. The molecule has 0 spiro atoms. The van der Waals surface area contributed by atoms with E-state index in [2.05, 4.69) is 12.1 Å². The van der Waals surface area contributed by atoms with Crippen molar-refractivity contribution in [2.75, 3.05) is 24.7 Å². The first-order valence-corrected chi connectivity index (χ1v) is 10.1. The third kappa shape index (κ3) is 4.35. The van der Waals surface area contributed by atoms with Crippen molar-refractivity contribution in [2.45, 2.75) is 11.1 Å². The predicted molar refractivity (Wildman–Crippen MR) is 102 cm³/mol. The Hall–Kier alpha value is -1.43. The normalized spacial score (nSPS) is 14.7. The van der Waals surface area contributed by atoms with Crippen LogP contribution < -0.4 is 0 Å². The second kappa shape index (κ2) is 8.60. The lowest BCUT2D eigenvalue weighted by Crippen LogP contribution is -2.33. The number of rotatable bonds is 6. The Morgan fingerprint density at radius 1 is 1.04 bits per heavy atom. The van der Waals surface area contributed by atoms with Crippen LogP contribution in [0, 0.1) is 0 Å². The highest BCUT2D eigenvalue weighted by Crippen LogP contribution is 2.45.